The van der Waals surface area contributed by atoms with Gasteiger partial charge >= 0.3 is 0 Å². The standard InChI is InChI=1S/C19H18O/c1-15(2)14-18-7-5-4-6-17(18)11-8-16-9-12-19(20-3)13-10-16/h4-7,9-10,12-14H,1-3H3. The van der Waals surface area contributed by atoms with E-state index in [1.165, 1.54) is 5.57 Å². The first kappa shape index (κ1) is 14.0. The van der Waals surface area contributed by atoms with Crippen LogP contribution >= 0.6 is 0 Å². The van der Waals surface area contributed by atoms with Gasteiger partial charge in [0.15, 0.2) is 0 Å². The van der Waals surface area contributed by atoms with Gasteiger partial charge in [-0.2, -0.15) is 0 Å². The molecule has 0 fully saturated rings. The first-order valence-electron chi connectivity index (χ1n) is 6.59. The summed E-state index contributed by atoms with van der Waals surface area (Å²) in [5.74, 6) is 7.28. The molecule has 0 bridgehead atoms. The van der Waals surface area contributed by atoms with Gasteiger partial charge in [-0.15, -0.1) is 0 Å². The van der Waals surface area contributed by atoms with Gasteiger partial charge in [0.2, 0.25) is 0 Å². The first-order chi connectivity index (χ1) is 9.69. The van der Waals surface area contributed by atoms with E-state index < -0.39 is 0 Å². The lowest BCUT2D eigenvalue weighted by Crippen LogP contribution is -1.84. The Morgan fingerprint density at radius 3 is 2.30 bits per heavy atom. The van der Waals surface area contributed by atoms with E-state index in [1.54, 1.807) is 7.11 Å². The van der Waals surface area contributed by atoms with Gasteiger partial charge in [-0.3, -0.25) is 0 Å². The van der Waals surface area contributed by atoms with E-state index in [4.69, 9.17) is 4.74 Å². The predicted molar refractivity (Wildman–Crippen MR) is 84.7 cm³/mol. The van der Waals surface area contributed by atoms with Crippen molar-refractivity contribution < 1.29 is 4.74 Å². The lowest BCUT2D eigenvalue weighted by atomic mass is 10.1. The van der Waals surface area contributed by atoms with Crippen molar-refractivity contribution in [2.24, 2.45) is 0 Å². The van der Waals surface area contributed by atoms with Gasteiger partial charge in [-0.1, -0.05) is 41.7 Å². The summed E-state index contributed by atoms with van der Waals surface area (Å²) >= 11 is 0. The molecular formula is C19H18O. The maximum atomic E-state index is 5.14. The molecule has 2 rings (SSSR count). The molecule has 0 N–H and O–H groups in total. The zero-order chi connectivity index (χ0) is 14.4. The zero-order valence-electron chi connectivity index (χ0n) is 12.1. The predicted octanol–water partition coefficient (Wildman–Crippen LogP) is 4.52. The molecule has 100 valence electrons. The number of hydrogen-bond acceptors (Lipinski definition) is 1. The summed E-state index contributed by atoms with van der Waals surface area (Å²) in [5, 5.41) is 0. The van der Waals surface area contributed by atoms with Crippen LogP contribution in [-0.2, 0) is 0 Å². The first-order valence-corrected chi connectivity index (χ1v) is 6.59. The molecule has 1 heteroatoms. The second kappa shape index (κ2) is 6.63. The number of benzene rings is 2. The second-order valence-electron chi connectivity index (χ2n) is 4.79. The minimum atomic E-state index is 0.848. The van der Waals surface area contributed by atoms with Gasteiger partial charge in [0.25, 0.3) is 0 Å². The van der Waals surface area contributed by atoms with E-state index in [1.807, 2.05) is 42.5 Å². The number of hydrogen-bond donors (Lipinski definition) is 0. The number of allylic oxidation sites excluding steroid dienone is 1. The van der Waals surface area contributed by atoms with Crippen molar-refractivity contribution >= 4 is 6.08 Å². The maximum absolute atomic E-state index is 5.14. The Morgan fingerprint density at radius 1 is 0.950 bits per heavy atom. The quantitative estimate of drug-likeness (QED) is 0.723. The van der Waals surface area contributed by atoms with E-state index in [-0.39, 0.29) is 0 Å². The van der Waals surface area contributed by atoms with Crippen LogP contribution in [0.25, 0.3) is 6.08 Å². The van der Waals surface area contributed by atoms with Crippen LogP contribution in [0.3, 0.4) is 0 Å². The van der Waals surface area contributed by atoms with Crippen LogP contribution in [-0.4, -0.2) is 7.11 Å². The van der Waals surface area contributed by atoms with Crippen molar-refractivity contribution in [1.29, 1.82) is 0 Å². The molecule has 2 aromatic rings. The Bertz CT molecular complexity index is 663. The SMILES string of the molecule is COc1ccc(C#Cc2ccccc2C=C(C)C)cc1. The second-order valence-corrected chi connectivity index (χ2v) is 4.79. The van der Waals surface area contributed by atoms with E-state index >= 15 is 0 Å². The molecule has 0 atom stereocenters. The van der Waals surface area contributed by atoms with Crippen LogP contribution in [0.5, 0.6) is 5.75 Å². The molecule has 0 aromatic heterocycles. The number of ether oxygens (including phenoxy) is 1. The van der Waals surface area contributed by atoms with Crippen molar-refractivity contribution in [1.82, 2.24) is 0 Å². The lowest BCUT2D eigenvalue weighted by molar-refractivity contribution is 0.415. The van der Waals surface area contributed by atoms with E-state index in [0.717, 1.165) is 22.4 Å². The highest BCUT2D eigenvalue weighted by atomic mass is 16.5. The normalized spacial score (nSPS) is 9.35. The lowest BCUT2D eigenvalue weighted by Gasteiger charge is -2.00. The molecule has 1 nitrogen and oxygen atoms in total. The molecule has 0 spiro atoms. The Balaban J connectivity index is 2.30. The van der Waals surface area contributed by atoms with Crippen LogP contribution in [0.1, 0.15) is 30.5 Å². The average Bonchev–Trinajstić information content (AvgIpc) is 2.46. The third-order valence-electron chi connectivity index (χ3n) is 2.84. The zero-order valence-corrected chi connectivity index (χ0v) is 12.1. The van der Waals surface area contributed by atoms with Crippen molar-refractivity contribution in [3.63, 3.8) is 0 Å². The maximum Gasteiger partial charge on any atom is 0.118 e. The van der Waals surface area contributed by atoms with Gasteiger partial charge in [-0.05, 0) is 49.7 Å². The van der Waals surface area contributed by atoms with Gasteiger partial charge < -0.3 is 4.74 Å². The monoisotopic (exact) mass is 262 g/mol. The molecule has 2 aromatic carbocycles. The Hall–Kier alpha value is -2.46. The number of methoxy groups -OCH3 is 1. The molecule has 0 radical (unpaired) electrons. The highest BCUT2D eigenvalue weighted by Gasteiger charge is 1.95. The summed E-state index contributed by atoms with van der Waals surface area (Å²) in [6.07, 6.45) is 2.15. The summed E-state index contributed by atoms with van der Waals surface area (Å²) in [7, 11) is 1.66. The highest BCUT2D eigenvalue weighted by Crippen LogP contribution is 2.13. The van der Waals surface area contributed by atoms with E-state index in [9.17, 15) is 0 Å². The molecule has 0 saturated carbocycles. The van der Waals surface area contributed by atoms with Gasteiger partial charge in [0.1, 0.15) is 5.75 Å². The smallest absolute Gasteiger partial charge is 0.118 e. The summed E-state index contributed by atoms with van der Waals surface area (Å²) in [6.45, 7) is 4.18. The van der Waals surface area contributed by atoms with Crippen LogP contribution < -0.4 is 4.74 Å². The fraction of sp³-hybridized carbons (Fsp3) is 0.158. The molecule has 20 heavy (non-hydrogen) atoms. The molecular weight excluding hydrogens is 244 g/mol. The van der Waals surface area contributed by atoms with Crippen LogP contribution in [0, 0.1) is 11.8 Å². The molecule has 0 aliphatic carbocycles. The van der Waals surface area contributed by atoms with E-state index in [2.05, 4.69) is 37.8 Å². The highest BCUT2D eigenvalue weighted by molar-refractivity contribution is 5.61. The summed E-state index contributed by atoms with van der Waals surface area (Å²) in [6, 6.07) is 16.0. The van der Waals surface area contributed by atoms with Crippen LogP contribution in [0.4, 0.5) is 0 Å². The minimum absolute atomic E-state index is 0.848. The Kier molecular flexibility index (Phi) is 4.63. The fourth-order valence-electron chi connectivity index (χ4n) is 1.86. The summed E-state index contributed by atoms with van der Waals surface area (Å²) in [5.41, 5.74) is 4.46. The van der Waals surface area contributed by atoms with Crippen molar-refractivity contribution in [3.8, 4) is 17.6 Å². The van der Waals surface area contributed by atoms with Crippen molar-refractivity contribution in [3.05, 3.63) is 70.8 Å². The molecule has 0 aliphatic rings. The molecule has 0 unspecified atom stereocenters. The molecule has 0 saturated heterocycles. The molecule has 0 aliphatic heterocycles. The molecule has 0 amide bonds. The van der Waals surface area contributed by atoms with Gasteiger partial charge in [0.05, 0.1) is 7.11 Å². The fourth-order valence-corrected chi connectivity index (χ4v) is 1.86. The average molecular weight is 262 g/mol. The topological polar surface area (TPSA) is 9.23 Å². The summed E-state index contributed by atoms with van der Waals surface area (Å²) < 4.78 is 5.14. The largest absolute Gasteiger partial charge is 0.497 e. The van der Waals surface area contributed by atoms with Crippen molar-refractivity contribution in [2.45, 2.75) is 13.8 Å². The minimum Gasteiger partial charge on any atom is -0.497 e. The Morgan fingerprint density at radius 2 is 1.65 bits per heavy atom. The third kappa shape index (κ3) is 3.76. The number of rotatable bonds is 2. The Labute approximate surface area is 120 Å². The third-order valence-corrected chi connectivity index (χ3v) is 2.84. The van der Waals surface area contributed by atoms with Crippen molar-refractivity contribution in [2.75, 3.05) is 7.11 Å². The van der Waals surface area contributed by atoms with Gasteiger partial charge in [0, 0.05) is 11.1 Å². The van der Waals surface area contributed by atoms with Crippen LogP contribution in [0.15, 0.2) is 54.1 Å². The van der Waals surface area contributed by atoms with Gasteiger partial charge in [-0.25, -0.2) is 0 Å². The molecule has 0 heterocycles. The van der Waals surface area contributed by atoms with E-state index in [0.29, 0.717) is 0 Å². The summed E-state index contributed by atoms with van der Waals surface area (Å²) in [4.78, 5) is 0. The van der Waals surface area contributed by atoms with Crippen LogP contribution in [0.2, 0.25) is 0 Å².